The molecule has 0 heterocycles. The van der Waals surface area contributed by atoms with E-state index in [1.165, 1.54) is 9.80 Å². The van der Waals surface area contributed by atoms with Crippen molar-refractivity contribution in [1.82, 2.24) is 19.6 Å². The maximum atomic E-state index is 12.7. The minimum absolute atomic E-state index is 0.0242. The van der Waals surface area contributed by atoms with Crippen LogP contribution in [0.15, 0.2) is 12.1 Å². The van der Waals surface area contributed by atoms with Crippen molar-refractivity contribution in [2.45, 2.75) is 67.6 Å². The lowest BCUT2D eigenvalue weighted by Crippen LogP contribution is -2.39. The molecule has 4 amide bonds. The number of benzene rings is 1. The van der Waals surface area contributed by atoms with E-state index in [9.17, 15) is 19.2 Å². The molecule has 226 valence electrons. The summed E-state index contributed by atoms with van der Waals surface area (Å²) in [6.45, 7) is 15.1. The molecular weight excluding hydrogens is 512 g/mol. The van der Waals surface area contributed by atoms with Crippen LogP contribution in [0.25, 0.3) is 0 Å². The molecule has 0 bridgehead atoms. The van der Waals surface area contributed by atoms with Gasteiger partial charge in [0.25, 0.3) is 0 Å². The van der Waals surface area contributed by atoms with Crippen LogP contribution >= 0.6 is 0 Å². The average Bonchev–Trinajstić information content (AvgIpc) is 2.89. The average molecular weight is 563 g/mol. The lowest BCUT2D eigenvalue weighted by Gasteiger charge is -2.25. The Bertz CT molecular complexity index is 950. The molecule has 0 saturated carbocycles. The fraction of sp³-hybridized carbons (Fsp3) is 0.667. The fourth-order valence-electron chi connectivity index (χ4n) is 4.32. The van der Waals surface area contributed by atoms with Crippen LogP contribution in [0.3, 0.4) is 0 Å². The first-order valence-electron chi connectivity index (χ1n) is 13.9. The topological polar surface area (TPSA) is 99.7 Å². The third kappa shape index (κ3) is 10.7. The Hall–Kier alpha value is -3.30. The Labute approximate surface area is 240 Å². The van der Waals surface area contributed by atoms with Crippen LogP contribution < -0.4 is 0 Å². The summed E-state index contributed by atoms with van der Waals surface area (Å²) in [5.74, 6) is -0.0555. The fourth-order valence-corrected chi connectivity index (χ4v) is 4.32. The van der Waals surface area contributed by atoms with Crippen LogP contribution in [0.1, 0.15) is 69.7 Å². The van der Waals surface area contributed by atoms with Gasteiger partial charge in [0, 0.05) is 66.2 Å². The predicted molar refractivity (Wildman–Crippen MR) is 156 cm³/mol. The summed E-state index contributed by atoms with van der Waals surface area (Å²) in [5, 5.41) is 0. The highest BCUT2D eigenvalue weighted by molar-refractivity contribution is 5.78. The van der Waals surface area contributed by atoms with Crippen molar-refractivity contribution in [3.05, 3.63) is 34.4 Å². The van der Waals surface area contributed by atoms with E-state index in [0.29, 0.717) is 26.2 Å². The van der Waals surface area contributed by atoms with E-state index in [2.05, 4.69) is 0 Å². The molecule has 0 unspecified atom stereocenters. The summed E-state index contributed by atoms with van der Waals surface area (Å²) < 4.78 is 11.2. The molecule has 0 N–H and O–H groups in total. The normalized spacial score (nSPS) is 11.1. The van der Waals surface area contributed by atoms with Crippen molar-refractivity contribution in [2.24, 2.45) is 11.8 Å². The van der Waals surface area contributed by atoms with Gasteiger partial charge in [-0.3, -0.25) is 9.59 Å². The summed E-state index contributed by atoms with van der Waals surface area (Å²) in [6, 6.07) is 3.97. The first-order valence-corrected chi connectivity index (χ1v) is 13.9. The van der Waals surface area contributed by atoms with Gasteiger partial charge in [0.15, 0.2) is 0 Å². The van der Waals surface area contributed by atoms with Crippen molar-refractivity contribution in [3.63, 3.8) is 0 Å². The highest BCUT2D eigenvalue weighted by Crippen LogP contribution is 2.27. The maximum Gasteiger partial charge on any atom is 0.409 e. The Morgan fingerprint density at radius 1 is 0.625 bits per heavy atom. The smallest absolute Gasteiger partial charge is 0.409 e. The number of hydrogen-bond donors (Lipinski definition) is 0. The molecule has 0 radical (unpaired) electrons. The lowest BCUT2D eigenvalue weighted by molar-refractivity contribution is -0.133. The molecule has 10 nitrogen and oxygen atoms in total. The molecule has 1 rings (SSSR count). The third-order valence-corrected chi connectivity index (χ3v) is 6.68. The van der Waals surface area contributed by atoms with Gasteiger partial charge in [-0.05, 0) is 29.5 Å². The number of aryl methyl sites for hydroxylation is 1. The van der Waals surface area contributed by atoms with E-state index >= 15 is 0 Å². The van der Waals surface area contributed by atoms with E-state index in [1.54, 1.807) is 38.0 Å². The van der Waals surface area contributed by atoms with Crippen LogP contribution in [0.2, 0.25) is 0 Å². The highest BCUT2D eigenvalue weighted by atomic mass is 16.6. The zero-order valence-corrected chi connectivity index (χ0v) is 26.4. The number of nitrogens with zero attached hydrogens (tertiary/aromatic N) is 4. The van der Waals surface area contributed by atoms with Gasteiger partial charge in [-0.1, -0.05) is 59.2 Å². The number of carbonyl (C=O) groups is 4. The molecule has 0 saturated heterocycles. The number of likely N-dealkylation sites (N-methyl/N-ethyl adjacent to an activating group) is 4. The molecular formula is C30H50N4O6. The first kappa shape index (κ1) is 34.7. The van der Waals surface area contributed by atoms with Crippen LogP contribution in [-0.2, 0) is 32.3 Å². The Morgan fingerprint density at radius 2 is 0.950 bits per heavy atom. The molecule has 0 aliphatic carbocycles. The summed E-state index contributed by atoms with van der Waals surface area (Å²) >= 11 is 0. The van der Waals surface area contributed by atoms with Gasteiger partial charge in [0.1, 0.15) is 13.2 Å². The van der Waals surface area contributed by atoms with Gasteiger partial charge in [-0.2, -0.15) is 0 Å². The molecule has 0 aliphatic heterocycles. The Kier molecular flexibility index (Phi) is 14.0. The van der Waals surface area contributed by atoms with Gasteiger partial charge >= 0.3 is 12.2 Å². The minimum Gasteiger partial charge on any atom is -0.445 e. The van der Waals surface area contributed by atoms with Crippen molar-refractivity contribution < 1.29 is 28.7 Å². The number of carbonyl (C=O) groups excluding carboxylic acids is 4. The quantitative estimate of drug-likeness (QED) is 0.351. The number of ether oxygens (including phenoxy) is 2. The van der Waals surface area contributed by atoms with Crippen LogP contribution in [0.4, 0.5) is 9.59 Å². The van der Waals surface area contributed by atoms with E-state index in [0.717, 1.165) is 22.3 Å². The predicted octanol–water partition coefficient (Wildman–Crippen LogP) is 4.48. The zero-order chi connectivity index (χ0) is 30.7. The van der Waals surface area contributed by atoms with Gasteiger partial charge in [0.2, 0.25) is 11.8 Å². The van der Waals surface area contributed by atoms with Crippen LogP contribution in [0, 0.1) is 18.8 Å². The lowest BCUT2D eigenvalue weighted by atomic mass is 9.91. The van der Waals surface area contributed by atoms with Crippen LogP contribution in [0.5, 0.6) is 0 Å². The summed E-state index contributed by atoms with van der Waals surface area (Å²) in [5.41, 5.74) is 3.65. The molecule has 0 spiro atoms. The molecule has 0 fully saturated rings. The van der Waals surface area contributed by atoms with E-state index < -0.39 is 12.2 Å². The summed E-state index contributed by atoms with van der Waals surface area (Å²) in [4.78, 5) is 55.6. The molecule has 40 heavy (non-hydrogen) atoms. The molecule has 0 aromatic heterocycles. The van der Waals surface area contributed by atoms with E-state index in [-0.39, 0.29) is 42.8 Å². The van der Waals surface area contributed by atoms with Gasteiger partial charge in [0.05, 0.1) is 0 Å². The second-order valence-corrected chi connectivity index (χ2v) is 11.4. The second kappa shape index (κ2) is 16.1. The minimum atomic E-state index is -0.475. The highest BCUT2D eigenvalue weighted by Gasteiger charge is 2.20. The second-order valence-electron chi connectivity index (χ2n) is 11.4. The number of hydrogen-bond acceptors (Lipinski definition) is 6. The molecule has 1 aromatic rings. The molecule has 1 aromatic carbocycles. The van der Waals surface area contributed by atoms with Gasteiger partial charge in [-0.25, -0.2) is 9.59 Å². The largest absolute Gasteiger partial charge is 0.445 e. The van der Waals surface area contributed by atoms with Crippen molar-refractivity contribution in [3.8, 4) is 0 Å². The van der Waals surface area contributed by atoms with Gasteiger partial charge < -0.3 is 29.1 Å². The SMILES string of the molecule is Cc1cc(COC(=O)N(C)CCN(C)C(=O)C(C)C)c(C(C)C)c(COC(=O)N(C)CCN(C)C(=O)C(C)C)c1. The van der Waals surface area contributed by atoms with Crippen molar-refractivity contribution in [2.75, 3.05) is 54.4 Å². The zero-order valence-electron chi connectivity index (χ0n) is 26.4. The monoisotopic (exact) mass is 562 g/mol. The van der Waals surface area contributed by atoms with Crippen LogP contribution in [-0.4, -0.2) is 98.0 Å². The molecule has 10 heteroatoms. The maximum absolute atomic E-state index is 12.7. The standard InChI is InChI=1S/C30H50N4O6/c1-20(2)26-24(18-39-29(37)33(10)14-12-31(8)27(35)21(3)4)16-23(7)17-25(26)19-40-30(38)34(11)15-13-32(9)28(36)22(5)6/h16-17,20-22H,12-15,18-19H2,1-11H3. The van der Waals surface area contributed by atoms with Gasteiger partial charge in [-0.15, -0.1) is 0 Å². The Balaban J connectivity index is 2.83. The van der Waals surface area contributed by atoms with Crippen molar-refractivity contribution in [1.29, 1.82) is 0 Å². The summed E-state index contributed by atoms with van der Waals surface area (Å²) in [6.07, 6.45) is -0.950. The first-order chi connectivity index (χ1) is 18.6. The summed E-state index contributed by atoms with van der Waals surface area (Å²) in [7, 11) is 6.74. The number of amides is 4. The molecule has 0 atom stereocenters. The number of rotatable bonds is 13. The Morgan fingerprint density at radius 3 is 1.25 bits per heavy atom. The van der Waals surface area contributed by atoms with Crippen molar-refractivity contribution >= 4 is 24.0 Å². The molecule has 0 aliphatic rings. The van der Waals surface area contributed by atoms with E-state index in [4.69, 9.17) is 9.47 Å². The third-order valence-electron chi connectivity index (χ3n) is 6.68. The van der Waals surface area contributed by atoms with E-state index in [1.807, 2.05) is 60.6 Å².